The lowest BCUT2D eigenvalue weighted by Crippen LogP contribution is -2.30. The van der Waals surface area contributed by atoms with Crippen LogP contribution < -0.4 is 0 Å². The molecule has 0 rings (SSSR count). The van der Waals surface area contributed by atoms with E-state index in [4.69, 9.17) is 14.2 Å². The van der Waals surface area contributed by atoms with Crippen LogP contribution in [0.2, 0.25) is 0 Å². The van der Waals surface area contributed by atoms with Crippen molar-refractivity contribution < 1.29 is 28.6 Å². The Hall–Kier alpha value is -3.67. The Labute approximate surface area is 508 Å². The molecule has 472 valence electrons. The van der Waals surface area contributed by atoms with Crippen molar-refractivity contribution >= 4 is 17.9 Å². The number of hydrogen-bond donors (Lipinski definition) is 0. The van der Waals surface area contributed by atoms with Crippen LogP contribution in [0.25, 0.3) is 0 Å². The molecule has 6 nitrogen and oxygen atoms in total. The largest absolute Gasteiger partial charge is 0.462 e. The fraction of sp³-hybridized carbons (Fsp3) is 0.750. The summed E-state index contributed by atoms with van der Waals surface area (Å²) >= 11 is 0. The smallest absolute Gasteiger partial charge is 0.306 e. The number of carbonyl (C=O) groups excluding carboxylic acids is 3. The molecule has 0 N–H and O–H groups in total. The summed E-state index contributed by atoms with van der Waals surface area (Å²) < 4.78 is 17.0. The first kappa shape index (κ1) is 78.3. The van der Waals surface area contributed by atoms with Crippen molar-refractivity contribution in [2.75, 3.05) is 13.2 Å². The van der Waals surface area contributed by atoms with Gasteiger partial charge in [-0.05, 0) is 103 Å². The average molecular weight is 1140 g/mol. The van der Waals surface area contributed by atoms with Gasteiger partial charge in [0.1, 0.15) is 13.2 Å². The Morgan fingerprint density at radius 1 is 0.256 bits per heavy atom. The minimum Gasteiger partial charge on any atom is -0.462 e. The molecule has 0 saturated carbocycles. The molecule has 0 aromatic heterocycles. The van der Waals surface area contributed by atoms with E-state index in [9.17, 15) is 14.4 Å². The van der Waals surface area contributed by atoms with Gasteiger partial charge in [0, 0.05) is 19.3 Å². The van der Waals surface area contributed by atoms with E-state index in [1.807, 2.05) is 0 Å². The van der Waals surface area contributed by atoms with E-state index >= 15 is 0 Å². The van der Waals surface area contributed by atoms with Gasteiger partial charge in [0.15, 0.2) is 6.10 Å². The van der Waals surface area contributed by atoms with Crippen molar-refractivity contribution in [3.63, 3.8) is 0 Å². The highest BCUT2D eigenvalue weighted by Crippen LogP contribution is 2.18. The molecule has 0 radical (unpaired) electrons. The molecule has 0 fully saturated rings. The number of carbonyl (C=O) groups is 3. The monoisotopic (exact) mass is 1140 g/mol. The summed E-state index contributed by atoms with van der Waals surface area (Å²) in [6.45, 7) is 6.51. The maximum absolute atomic E-state index is 12.9. The highest BCUT2D eigenvalue weighted by Gasteiger charge is 2.19. The van der Waals surface area contributed by atoms with Gasteiger partial charge in [-0.25, -0.2) is 0 Å². The third-order valence-corrected chi connectivity index (χ3v) is 15.3. The molecule has 0 aliphatic heterocycles. The third kappa shape index (κ3) is 67.1. The fourth-order valence-corrected chi connectivity index (χ4v) is 10.1. The lowest BCUT2D eigenvalue weighted by Gasteiger charge is -2.18. The lowest BCUT2D eigenvalue weighted by atomic mass is 10.0. The van der Waals surface area contributed by atoms with Crippen molar-refractivity contribution in [1.82, 2.24) is 0 Å². The number of allylic oxidation sites excluding steroid dienone is 16. The van der Waals surface area contributed by atoms with Gasteiger partial charge in [0.2, 0.25) is 0 Å². The number of hydrogen-bond acceptors (Lipinski definition) is 6. The molecular weight excluding hydrogens is 1010 g/mol. The highest BCUT2D eigenvalue weighted by molar-refractivity contribution is 5.71. The van der Waals surface area contributed by atoms with Crippen molar-refractivity contribution in [2.24, 2.45) is 0 Å². The maximum atomic E-state index is 12.9. The summed E-state index contributed by atoms with van der Waals surface area (Å²) in [5, 5.41) is 0. The predicted octanol–water partition coefficient (Wildman–Crippen LogP) is 24.4. The molecule has 0 amide bonds. The van der Waals surface area contributed by atoms with E-state index in [1.165, 1.54) is 193 Å². The standard InChI is InChI=1S/C76H132O6/c1-4-7-10-13-16-19-22-25-28-31-34-35-36-37-38-39-40-43-45-48-51-54-57-60-63-66-69-75(78)81-72-73(82-76(79)70-67-64-61-58-55-52-49-46-42-33-30-27-24-21-18-15-12-9-6-3)71-80-74(77)68-65-62-59-56-53-50-47-44-41-32-29-26-23-20-17-14-11-8-5-2/h9,12,17-18,20-21,26-27,29-30,41-42,44,46,52,55,73H,4-8,10-11,13-16,19,22-25,28,31-40,43,45,47-51,53-54,56-72H2,1-3H3/b12-9-,20-17-,21-18-,29-26-,30-27-,44-41-,46-42-,55-52-. The molecule has 0 aliphatic rings. The quantitative estimate of drug-likeness (QED) is 0.0261. The Balaban J connectivity index is 4.38. The summed E-state index contributed by atoms with van der Waals surface area (Å²) in [6.07, 6.45) is 94.3. The Morgan fingerprint density at radius 3 is 0.780 bits per heavy atom. The van der Waals surface area contributed by atoms with Gasteiger partial charge in [-0.15, -0.1) is 0 Å². The van der Waals surface area contributed by atoms with Crippen LogP contribution in [0.1, 0.15) is 348 Å². The van der Waals surface area contributed by atoms with Gasteiger partial charge >= 0.3 is 17.9 Å². The summed E-state index contributed by atoms with van der Waals surface area (Å²) in [4.78, 5) is 38.5. The van der Waals surface area contributed by atoms with Crippen LogP contribution in [0.3, 0.4) is 0 Å². The summed E-state index contributed by atoms with van der Waals surface area (Å²) in [7, 11) is 0. The average Bonchev–Trinajstić information content (AvgIpc) is 3.48. The van der Waals surface area contributed by atoms with Crippen LogP contribution in [0.5, 0.6) is 0 Å². The van der Waals surface area contributed by atoms with Crippen LogP contribution >= 0.6 is 0 Å². The molecule has 1 atom stereocenters. The second-order valence-corrected chi connectivity index (χ2v) is 23.4. The van der Waals surface area contributed by atoms with E-state index in [0.29, 0.717) is 12.8 Å². The zero-order valence-electron chi connectivity index (χ0n) is 54.2. The Kier molecular flexibility index (Phi) is 66.7. The topological polar surface area (TPSA) is 78.9 Å². The number of esters is 3. The first-order chi connectivity index (χ1) is 40.5. The van der Waals surface area contributed by atoms with Gasteiger partial charge in [0.05, 0.1) is 0 Å². The normalized spacial score (nSPS) is 12.7. The van der Waals surface area contributed by atoms with Gasteiger partial charge in [-0.2, -0.15) is 0 Å². The number of ether oxygens (including phenoxy) is 3. The van der Waals surface area contributed by atoms with Gasteiger partial charge in [-0.1, -0.05) is 323 Å². The molecule has 0 heterocycles. The maximum Gasteiger partial charge on any atom is 0.306 e. The zero-order valence-corrected chi connectivity index (χ0v) is 54.2. The molecule has 82 heavy (non-hydrogen) atoms. The van der Waals surface area contributed by atoms with E-state index in [-0.39, 0.29) is 37.5 Å². The van der Waals surface area contributed by atoms with E-state index < -0.39 is 6.10 Å². The van der Waals surface area contributed by atoms with Crippen molar-refractivity contribution in [1.29, 1.82) is 0 Å². The molecule has 0 aromatic rings. The van der Waals surface area contributed by atoms with E-state index in [1.54, 1.807) is 0 Å². The van der Waals surface area contributed by atoms with Crippen LogP contribution in [-0.2, 0) is 28.6 Å². The molecule has 6 heteroatoms. The van der Waals surface area contributed by atoms with Gasteiger partial charge in [0.25, 0.3) is 0 Å². The van der Waals surface area contributed by atoms with Crippen molar-refractivity contribution in [2.45, 2.75) is 354 Å². The van der Waals surface area contributed by atoms with Crippen LogP contribution in [0, 0.1) is 0 Å². The van der Waals surface area contributed by atoms with Gasteiger partial charge < -0.3 is 14.2 Å². The van der Waals surface area contributed by atoms with Crippen LogP contribution in [0.15, 0.2) is 97.2 Å². The Morgan fingerprint density at radius 2 is 0.476 bits per heavy atom. The van der Waals surface area contributed by atoms with Crippen LogP contribution in [-0.4, -0.2) is 37.2 Å². The van der Waals surface area contributed by atoms with E-state index in [0.717, 1.165) is 116 Å². The first-order valence-corrected chi connectivity index (χ1v) is 35.2. The lowest BCUT2D eigenvalue weighted by molar-refractivity contribution is -0.167. The molecule has 0 saturated heterocycles. The molecule has 0 aliphatic carbocycles. The molecular formula is C76H132O6. The van der Waals surface area contributed by atoms with Crippen molar-refractivity contribution in [3.05, 3.63) is 97.2 Å². The van der Waals surface area contributed by atoms with Gasteiger partial charge in [-0.3, -0.25) is 14.4 Å². The highest BCUT2D eigenvalue weighted by atomic mass is 16.6. The van der Waals surface area contributed by atoms with Crippen LogP contribution in [0.4, 0.5) is 0 Å². The molecule has 0 aromatic carbocycles. The number of rotatable bonds is 64. The van der Waals surface area contributed by atoms with E-state index in [2.05, 4.69) is 118 Å². The molecule has 1 unspecified atom stereocenters. The number of unbranched alkanes of at least 4 members (excludes halogenated alkanes) is 37. The SMILES string of the molecule is CC/C=C\C/C=C\C/C=C\C/C=C\C/C=C\CCCCCC(=O)OC(COC(=O)CCCCCCCC/C=C\C/C=C\C/C=C\CCCCC)COC(=O)CCCCCCCCCCCCCCCCCCCCCCCCCCCC. The second kappa shape index (κ2) is 69.8. The third-order valence-electron chi connectivity index (χ3n) is 15.3. The minimum absolute atomic E-state index is 0.0931. The summed E-state index contributed by atoms with van der Waals surface area (Å²) in [5.41, 5.74) is 0. The first-order valence-electron chi connectivity index (χ1n) is 35.2. The Bertz CT molecular complexity index is 1590. The summed E-state index contributed by atoms with van der Waals surface area (Å²) in [5.74, 6) is -0.923. The minimum atomic E-state index is -0.803. The predicted molar refractivity (Wildman–Crippen MR) is 357 cm³/mol. The fourth-order valence-electron chi connectivity index (χ4n) is 10.1. The molecule has 0 spiro atoms. The zero-order chi connectivity index (χ0) is 59.2. The second-order valence-electron chi connectivity index (χ2n) is 23.4. The van der Waals surface area contributed by atoms with Crippen molar-refractivity contribution in [3.8, 4) is 0 Å². The summed E-state index contributed by atoms with van der Waals surface area (Å²) in [6, 6.07) is 0. The molecule has 0 bridgehead atoms.